The molecule has 2 aromatic rings. The predicted octanol–water partition coefficient (Wildman–Crippen LogP) is 3.57. The summed E-state index contributed by atoms with van der Waals surface area (Å²) in [5, 5.41) is 3.01. The number of rotatable bonds is 9. The van der Waals surface area contributed by atoms with Crippen LogP contribution in [0.25, 0.3) is 0 Å². The van der Waals surface area contributed by atoms with Crippen molar-refractivity contribution in [3.8, 4) is 17.2 Å². The van der Waals surface area contributed by atoms with E-state index in [4.69, 9.17) is 19.9 Å². The standard InChI is InChI=1S/C19H23F2N3O3.HI/c1-25-16-7-6-14(9-17(16)26-2)11-24-19(22)23-10-13-4-3-5-15(8-13)27-12-18(20)21;/h3-9,18H,10-12H2,1-2H3,(H3,22,23,24);1H. The SMILES string of the molecule is COc1ccc(CNC(N)=NCc2cccc(OCC(F)F)c2)cc1OC.I. The number of nitrogens with zero attached hydrogens (tertiary/aromatic N) is 1. The molecule has 28 heavy (non-hydrogen) atoms. The summed E-state index contributed by atoms with van der Waals surface area (Å²) >= 11 is 0. The maximum absolute atomic E-state index is 12.2. The lowest BCUT2D eigenvalue weighted by Crippen LogP contribution is -2.31. The number of methoxy groups -OCH3 is 2. The van der Waals surface area contributed by atoms with Crippen LogP contribution in [0, 0.1) is 0 Å². The predicted molar refractivity (Wildman–Crippen MR) is 115 cm³/mol. The molecule has 0 aromatic heterocycles. The van der Waals surface area contributed by atoms with Crippen LogP contribution in [0.5, 0.6) is 17.2 Å². The van der Waals surface area contributed by atoms with Gasteiger partial charge in [-0.2, -0.15) is 0 Å². The minimum Gasteiger partial charge on any atom is -0.493 e. The monoisotopic (exact) mass is 507 g/mol. The molecule has 3 N–H and O–H groups in total. The highest BCUT2D eigenvalue weighted by Crippen LogP contribution is 2.27. The summed E-state index contributed by atoms with van der Waals surface area (Å²) in [4.78, 5) is 4.25. The van der Waals surface area contributed by atoms with Crippen LogP contribution in [0.3, 0.4) is 0 Å². The first kappa shape index (κ1) is 23.7. The Labute approximate surface area is 180 Å². The van der Waals surface area contributed by atoms with Crippen molar-refractivity contribution in [2.75, 3.05) is 20.8 Å². The normalized spacial score (nSPS) is 11.0. The second kappa shape index (κ2) is 12.2. The van der Waals surface area contributed by atoms with Gasteiger partial charge in [-0.1, -0.05) is 18.2 Å². The first-order chi connectivity index (χ1) is 13.0. The second-order valence-electron chi connectivity index (χ2n) is 5.59. The maximum Gasteiger partial charge on any atom is 0.272 e. The van der Waals surface area contributed by atoms with Gasteiger partial charge in [0.15, 0.2) is 17.5 Å². The Morgan fingerprint density at radius 2 is 1.82 bits per heavy atom. The first-order valence-corrected chi connectivity index (χ1v) is 8.26. The number of hydrogen-bond donors (Lipinski definition) is 2. The van der Waals surface area contributed by atoms with Crippen molar-refractivity contribution in [1.29, 1.82) is 0 Å². The van der Waals surface area contributed by atoms with E-state index in [0.717, 1.165) is 11.1 Å². The largest absolute Gasteiger partial charge is 0.493 e. The maximum atomic E-state index is 12.2. The molecule has 154 valence electrons. The summed E-state index contributed by atoms with van der Waals surface area (Å²) in [6, 6.07) is 12.4. The number of halogens is 3. The highest BCUT2D eigenvalue weighted by molar-refractivity contribution is 14.0. The van der Waals surface area contributed by atoms with Crippen LogP contribution >= 0.6 is 24.0 Å². The van der Waals surface area contributed by atoms with Crippen LogP contribution < -0.4 is 25.3 Å². The average molecular weight is 507 g/mol. The molecule has 0 fully saturated rings. The molecule has 2 aromatic carbocycles. The van der Waals surface area contributed by atoms with E-state index < -0.39 is 13.0 Å². The smallest absolute Gasteiger partial charge is 0.272 e. The molecular weight excluding hydrogens is 483 g/mol. The van der Waals surface area contributed by atoms with Crippen molar-refractivity contribution in [2.45, 2.75) is 19.5 Å². The van der Waals surface area contributed by atoms with Crippen LogP contribution in [0.1, 0.15) is 11.1 Å². The third-order valence-electron chi connectivity index (χ3n) is 3.63. The second-order valence-corrected chi connectivity index (χ2v) is 5.59. The van der Waals surface area contributed by atoms with Crippen molar-refractivity contribution in [3.05, 3.63) is 53.6 Å². The van der Waals surface area contributed by atoms with Gasteiger partial charge in [-0.3, -0.25) is 0 Å². The molecule has 0 saturated carbocycles. The van der Waals surface area contributed by atoms with Gasteiger partial charge >= 0.3 is 0 Å². The van der Waals surface area contributed by atoms with E-state index in [1.807, 2.05) is 24.3 Å². The fraction of sp³-hybridized carbons (Fsp3) is 0.316. The number of ether oxygens (including phenoxy) is 3. The molecule has 0 unspecified atom stereocenters. The van der Waals surface area contributed by atoms with Gasteiger partial charge < -0.3 is 25.3 Å². The van der Waals surface area contributed by atoms with Gasteiger partial charge in [0.1, 0.15) is 12.4 Å². The third-order valence-corrected chi connectivity index (χ3v) is 3.63. The van der Waals surface area contributed by atoms with E-state index in [1.54, 1.807) is 32.4 Å². The lowest BCUT2D eigenvalue weighted by molar-refractivity contribution is 0.0818. The van der Waals surface area contributed by atoms with E-state index in [1.165, 1.54) is 0 Å². The van der Waals surface area contributed by atoms with Gasteiger partial charge in [-0.15, -0.1) is 24.0 Å². The Morgan fingerprint density at radius 3 is 2.50 bits per heavy atom. The average Bonchev–Trinajstić information content (AvgIpc) is 2.69. The number of hydrogen-bond acceptors (Lipinski definition) is 4. The Kier molecular flexibility index (Phi) is 10.4. The van der Waals surface area contributed by atoms with Crippen molar-refractivity contribution in [2.24, 2.45) is 10.7 Å². The number of aliphatic imine (C=N–C) groups is 1. The Bertz CT molecular complexity index is 776. The topological polar surface area (TPSA) is 78.1 Å². The van der Waals surface area contributed by atoms with E-state index in [2.05, 4.69) is 10.3 Å². The summed E-state index contributed by atoms with van der Waals surface area (Å²) < 4.78 is 39.9. The van der Waals surface area contributed by atoms with Crippen LogP contribution in [0.15, 0.2) is 47.5 Å². The molecule has 0 spiro atoms. The van der Waals surface area contributed by atoms with Crippen molar-refractivity contribution in [1.82, 2.24) is 5.32 Å². The molecule has 0 aliphatic carbocycles. The molecule has 0 amide bonds. The van der Waals surface area contributed by atoms with Crippen molar-refractivity contribution in [3.63, 3.8) is 0 Å². The van der Waals surface area contributed by atoms with Crippen molar-refractivity contribution >= 4 is 29.9 Å². The molecule has 0 aliphatic heterocycles. The minimum absolute atomic E-state index is 0. The van der Waals surface area contributed by atoms with E-state index >= 15 is 0 Å². The van der Waals surface area contributed by atoms with E-state index in [-0.39, 0.29) is 29.9 Å². The fourth-order valence-corrected chi connectivity index (χ4v) is 2.31. The minimum atomic E-state index is -2.51. The lowest BCUT2D eigenvalue weighted by Gasteiger charge is -2.11. The summed E-state index contributed by atoms with van der Waals surface area (Å²) in [5.41, 5.74) is 7.64. The van der Waals surface area contributed by atoms with Crippen LogP contribution in [0.4, 0.5) is 8.78 Å². The first-order valence-electron chi connectivity index (χ1n) is 8.26. The number of alkyl halides is 2. The number of benzene rings is 2. The zero-order valence-corrected chi connectivity index (χ0v) is 18.0. The molecule has 0 atom stereocenters. The van der Waals surface area contributed by atoms with Gasteiger partial charge in [0, 0.05) is 6.54 Å². The third kappa shape index (κ3) is 7.75. The molecular formula is C19H24F2IN3O3. The number of nitrogens with one attached hydrogen (secondary N) is 1. The highest BCUT2D eigenvalue weighted by Gasteiger charge is 2.05. The van der Waals surface area contributed by atoms with Crippen LogP contribution in [0.2, 0.25) is 0 Å². The summed E-state index contributed by atoms with van der Waals surface area (Å²) in [7, 11) is 3.15. The van der Waals surface area contributed by atoms with Crippen LogP contribution in [-0.2, 0) is 13.1 Å². The molecule has 9 heteroatoms. The molecule has 0 saturated heterocycles. The van der Waals surface area contributed by atoms with Gasteiger partial charge in [-0.05, 0) is 35.4 Å². The zero-order valence-electron chi connectivity index (χ0n) is 15.7. The number of guanidine groups is 1. The molecule has 0 aliphatic rings. The lowest BCUT2D eigenvalue weighted by atomic mass is 10.2. The van der Waals surface area contributed by atoms with E-state index in [9.17, 15) is 8.78 Å². The summed E-state index contributed by atoms with van der Waals surface area (Å²) in [6.45, 7) is 0.131. The molecule has 2 rings (SSSR count). The number of nitrogens with two attached hydrogens (primary N) is 1. The zero-order chi connectivity index (χ0) is 19.6. The summed E-state index contributed by atoms with van der Waals surface area (Å²) in [6.07, 6.45) is -2.51. The van der Waals surface area contributed by atoms with Gasteiger partial charge in [0.05, 0.1) is 20.8 Å². The van der Waals surface area contributed by atoms with Gasteiger partial charge in [0.25, 0.3) is 6.43 Å². The molecule has 6 nitrogen and oxygen atoms in total. The molecule has 0 heterocycles. The highest BCUT2D eigenvalue weighted by atomic mass is 127. The Morgan fingerprint density at radius 1 is 1.07 bits per heavy atom. The fourth-order valence-electron chi connectivity index (χ4n) is 2.31. The molecule has 0 radical (unpaired) electrons. The summed E-state index contributed by atoms with van der Waals surface area (Å²) in [5.74, 6) is 1.92. The Balaban J connectivity index is 0.00000392. The Hall–Kier alpha value is -2.30. The quantitative estimate of drug-likeness (QED) is 0.309. The molecule has 0 bridgehead atoms. The van der Waals surface area contributed by atoms with Gasteiger partial charge in [-0.25, -0.2) is 13.8 Å². The van der Waals surface area contributed by atoms with Crippen molar-refractivity contribution < 1.29 is 23.0 Å². The van der Waals surface area contributed by atoms with Gasteiger partial charge in [0.2, 0.25) is 0 Å². The van der Waals surface area contributed by atoms with E-state index in [0.29, 0.717) is 30.3 Å². The van der Waals surface area contributed by atoms with Crippen LogP contribution in [-0.4, -0.2) is 33.2 Å².